The van der Waals surface area contributed by atoms with Crippen LogP contribution in [0.5, 0.6) is 5.75 Å². The molecule has 0 heterocycles. The average Bonchev–Trinajstić information content (AvgIpc) is 3.15. The third-order valence-electron chi connectivity index (χ3n) is 4.34. The van der Waals surface area contributed by atoms with Crippen LogP contribution in [0.4, 0.5) is 11.4 Å². The van der Waals surface area contributed by atoms with Crippen molar-refractivity contribution in [1.29, 1.82) is 0 Å². The van der Waals surface area contributed by atoms with Crippen LogP contribution in [0.3, 0.4) is 0 Å². The van der Waals surface area contributed by atoms with Gasteiger partial charge in [-0.25, -0.2) is 0 Å². The maximum Gasteiger partial charge on any atom is 0.255 e. The first-order valence-corrected chi connectivity index (χ1v) is 8.66. The Morgan fingerprint density at radius 3 is 2.27 bits per heavy atom. The van der Waals surface area contributed by atoms with Crippen molar-refractivity contribution in [2.45, 2.75) is 19.3 Å². The molecule has 0 saturated carbocycles. The van der Waals surface area contributed by atoms with Gasteiger partial charge in [0.25, 0.3) is 5.91 Å². The zero-order valence-corrected chi connectivity index (χ0v) is 14.7. The van der Waals surface area contributed by atoms with Crippen molar-refractivity contribution in [1.82, 2.24) is 0 Å². The summed E-state index contributed by atoms with van der Waals surface area (Å²) in [5.41, 5.74) is 1.91. The summed E-state index contributed by atoms with van der Waals surface area (Å²) >= 11 is 0. The molecule has 26 heavy (non-hydrogen) atoms. The van der Waals surface area contributed by atoms with Gasteiger partial charge in [0.15, 0.2) is 0 Å². The Morgan fingerprint density at radius 1 is 1.00 bits per heavy atom. The molecule has 0 spiro atoms. The Morgan fingerprint density at radius 2 is 1.65 bits per heavy atom. The van der Waals surface area contributed by atoms with Crippen LogP contribution in [0.15, 0.2) is 60.7 Å². The van der Waals surface area contributed by atoms with Crippen LogP contribution in [0.1, 0.15) is 29.6 Å². The molecule has 2 amide bonds. The molecule has 1 aliphatic rings. The van der Waals surface area contributed by atoms with Gasteiger partial charge in [-0.2, -0.15) is 0 Å². The van der Waals surface area contributed by atoms with Crippen molar-refractivity contribution in [3.05, 3.63) is 66.2 Å². The number of amides is 2. The van der Waals surface area contributed by atoms with Crippen LogP contribution in [-0.4, -0.2) is 18.9 Å². The fourth-order valence-corrected chi connectivity index (χ4v) is 2.90. The summed E-state index contributed by atoms with van der Waals surface area (Å²) in [5, 5.41) is 5.71. The van der Waals surface area contributed by atoms with Crippen molar-refractivity contribution in [2.75, 3.05) is 17.7 Å². The molecule has 0 bridgehead atoms. The number of nitrogens with one attached hydrogen (secondary N) is 2. The second kappa shape index (κ2) is 8.34. The normalized spacial score (nSPS) is 15.5. The van der Waals surface area contributed by atoms with Crippen molar-refractivity contribution in [3.63, 3.8) is 0 Å². The highest BCUT2D eigenvalue weighted by Gasteiger charge is 2.14. The van der Waals surface area contributed by atoms with Gasteiger partial charge < -0.3 is 15.4 Å². The summed E-state index contributed by atoms with van der Waals surface area (Å²) in [6, 6.07) is 14.0. The van der Waals surface area contributed by atoms with Crippen LogP contribution >= 0.6 is 0 Å². The molecule has 0 saturated heterocycles. The third kappa shape index (κ3) is 4.72. The SMILES string of the molecule is COc1ccc(NC(=O)c2ccc(NC(=O)CC3C=CCC3)cc2)cc1. The third-order valence-corrected chi connectivity index (χ3v) is 4.34. The highest BCUT2D eigenvalue weighted by atomic mass is 16.5. The predicted molar refractivity (Wildman–Crippen MR) is 102 cm³/mol. The Balaban J connectivity index is 1.54. The van der Waals surface area contributed by atoms with Gasteiger partial charge in [0.2, 0.25) is 5.91 Å². The van der Waals surface area contributed by atoms with E-state index < -0.39 is 0 Å². The van der Waals surface area contributed by atoms with Gasteiger partial charge in [0, 0.05) is 23.4 Å². The monoisotopic (exact) mass is 350 g/mol. The maximum absolute atomic E-state index is 12.3. The maximum atomic E-state index is 12.3. The fraction of sp³-hybridized carbons (Fsp3) is 0.238. The second-order valence-electron chi connectivity index (χ2n) is 6.28. The highest BCUT2D eigenvalue weighted by molar-refractivity contribution is 6.04. The predicted octanol–water partition coefficient (Wildman–Crippen LogP) is 4.24. The first-order valence-electron chi connectivity index (χ1n) is 8.66. The van der Waals surface area contributed by atoms with E-state index in [-0.39, 0.29) is 11.8 Å². The zero-order chi connectivity index (χ0) is 18.4. The lowest BCUT2D eigenvalue weighted by Gasteiger charge is -2.10. The minimum Gasteiger partial charge on any atom is -0.497 e. The number of methoxy groups -OCH3 is 1. The van der Waals surface area contributed by atoms with E-state index in [4.69, 9.17) is 4.74 Å². The molecule has 2 N–H and O–H groups in total. The molecule has 5 nitrogen and oxygen atoms in total. The molecule has 0 fully saturated rings. The lowest BCUT2D eigenvalue weighted by Crippen LogP contribution is -2.15. The first-order chi connectivity index (χ1) is 12.6. The molecule has 5 heteroatoms. The lowest BCUT2D eigenvalue weighted by molar-refractivity contribution is -0.116. The Hall–Kier alpha value is -3.08. The molecule has 2 aromatic rings. The minimum absolute atomic E-state index is 0.00279. The summed E-state index contributed by atoms with van der Waals surface area (Å²) in [7, 11) is 1.60. The molecule has 0 radical (unpaired) electrons. The molecule has 2 aromatic carbocycles. The number of allylic oxidation sites excluding steroid dienone is 2. The summed E-state index contributed by atoms with van der Waals surface area (Å²) < 4.78 is 5.09. The van der Waals surface area contributed by atoms with Gasteiger partial charge >= 0.3 is 0 Å². The van der Waals surface area contributed by atoms with Crippen LogP contribution < -0.4 is 15.4 Å². The second-order valence-corrected chi connectivity index (χ2v) is 6.28. The van der Waals surface area contributed by atoms with Crippen LogP contribution in [0.2, 0.25) is 0 Å². The fourth-order valence-electron chi connectivity index (χ4n) is 2.90. The first kappa shape index (κ1) is 17.7. The van der Waals surface area contributed by atoms with Crippen molar-refractivity contribution >= 4 is 23.2 Å². The molecule has 0 aliphatic heterocycles. The molecule has 1 aliphatic carbocycles. The van der Waals surface area contributed by atoms with E-state index in [1.165, 1.54) is 0 Å². The molecule has 1 unspecified atom stereocenters. The lowest BCUT2D eigenvalue weighted by atomic mass is 10.0. The number of anilines is 2. The molecule has 0 aromatic heterocycles. The summed E-state index contributed by atoms with van der Waals surface area (Å²) in [4.78, 5) is 24.3. The number of ether oxygens (including phenoxy) is 1. The van der Waals surface area contributed by atoms with E-state index in [0.717, 1.165) is 18.6 Å². The van der Waals surface area contributed by atoms with E-state index in [1.54, 1.807) is 55.6 Å². The average molecular weight is 350 g/mol. The molecular formula is C21H22N2O3. The minimum atomic E-state index is -0.205. The topological polar surface area (TPSA) is 67.4 Å². The largest absolute Gasteiger partial charge is 0.497 e. The molecular weight excluding hydrogens is 328 g/mol. The Kier molecular flexibility index (Phi) is 5.69. The summed E-state index contributed by atoms with van der Waals surface area (Å²) in [6.07, 6.45) is 6.81. The van der Waals surface area contributed by atoms with Crippen LogP contribution in [0, 0.1) is 5.92 Å². The summed E-state index contributed by atoms with van der Waals surface area (Å²) in [6.45, 7) is 0. The molecule has 3 rings (SSSR count). The van der Waals surface area contributed by atoms with Crippen LogP contribution in [-0.2, 0) is 4.79 Å². The Labute approximate surface area is 153 Å². The van der Waals surface area contributed by atoms with Gasteiger partial charge in [0.05, 0.1) is 7.11 Å². The van der Waals surface area contributed by atoms with Gasteiger partial charge in [-0.3, -0.25) is 9.59 Å². The van der Waals surface area contributed by atoms with Gasteiger partial charge in [0.1, 0.15) is 5.75 Å². The van der Waals surface area contributed by atoms with Gasteiger partial charge in [-0.15, -0.1) is 0 Å². The number of rotatable bonds is 6. The Bertz CT molecular complexity index is 795. The zero-order valence-electron chi connectivity index (χ0n) is 14.7. The quantitative estimate of drug-likeness (QED) is 0.766. The van der Waals surface area contributed by atoms with Crippen molar-refractivity contribution < 1.29 is 14.3 Å². The van der Waals surface area contributed by atoms with E-state index in [0.29, 0.717) is 29.3 Å². The number of carbonyl (C=O) groups is 2. The number of carbonyl (C=O) groups excluding carboxylic acids is 2. The van der Waals surface area contributed by atoms with Crippen molar-refractivity contribution in [2.24, 2.45) is 5.92 Å². The van der Waals surface area contributed by atoms with E-state index in [2.05, 4.69) is 22.8 Å². The van der Waals surface area contributed by atoms with E-state index >= 15 is 0 Å². The molecule has 134 valence electrons. The standard InChI is InChI=1S/C21H22N2O3/c1-26-19-12-10-18(11-13-19)23-21(25)16-6-8-17(9-7-16)22-20(24)14-15-4-2-3-5-15/h2,4,6-13,15H,3,5,14H2,1H3,(H,22,24)(H,23,25). The summed E-state index contributed by atoms with van der Waals surface area (Å²) in [5.74, 6) is 0.863. The van der Waals surface area contributed by atoms with Crippen molar-refractivity contribution in [3.8, 4) is 5.75 Å². The number of hydrogen-bond acceptors (Lipinski definition) is 3. The van der Waals surface area contributed by atoms with E-state index in [9.17, 15) is 9.59 Å². The van der Waals surface area contributed by atoms with Crippen LogP contribution in [0.25, 0.3) is 0 Å². The van der Waals surface area contributed by atoms with Gasteiger partial charge in [-0.1, -0.05) is 12.2 Å². The number of benzene rings is 2. The number of hydrogen-bond donors (Lipinski definition) is 2. The molecule has 1 atom stereocenters. The highest BCUT2D eigenvalue weighted by Crippen LogP contribution is 2.21. The smallest absolute Gasteiger partial charge is 0.255 e. The van der Waals surface area contributed by atoms with Gasteiger partial charge in [-0.05, 0) is 67.3 Å². The van der Waals surface area contributed by atoms with E-state index in [1.807, 2.05) is 0 Å².